The number of benzene rings is 1. The van der Waals surface area contributed by atoms with Gasteiger partial charge in [0.2, 0.25) is 5.91 Å². The van der Waals surface area contributed by atoms with Gasteiger partial charge in [-0.25, -0.2) is 4.39 Å². The number of rotatable bonds is 6. The van der Waals surface area contributed by atoms with E-state index in [0.717, 1.165) is 45.6 Å². The molecule has 1 saturated carbocycles. The fourth-order valence-corrected chi connectivity index (χ4v) is 3.32. The summed E-state index contributed by atoms with van der Waals surface area (Å²) in [7, 11) is 2.15. The lowest BCUT2D eigenvalue weighted by molar-refractivity contribution is -0.122. The molecule has 1 amide bonds. The number of nitrogens with one attached hydrogen (secondary N) is 1. The molecule has 126 valence electrons. The normalized spacial score (nSPS) is 25.3. The predicted molar refractivity (Wildman–Crippen MR) is 88.8 cm³/mol. The first-order valence-electron chi connectivity index (χ1n) is 8.58. The Hall–Kier alpha value is -1.46. The standard InChI is InChI=1S/C18H26FN3O/c1-21-9-11-22(12-10-21)8-4-7-20-18(23)16-13-15(16)14-5-2-3-6-17(14)19/h2-3,5-6,15-16H,4,7-13H2,1H3,(H,20,23). The van der Waals surface area contributed by atoms with Crippen LogP contribution in [0.25, 0.3) is 0 Å². The van der Waals surface area contributed by atoms with Crippen LogP contribution in [0.5, 0.6) is 0 Å². The summed E-state index contributed by atoms with van der Waals surface area (Å²) in [5.74, 6) is -0.0936. The number of halogens is 1. The van der Waals surface area contributed by atoms with Crippen LogP contribution < -0.4 is 5.32 Å². The summed E-state index contributed by atoms with van der Waals surface area (Å²) in [6.07, 6.45) is 1.75. The van der Waals surface area contributed by atoms with Crippen molar-refractivity contribution in [1.82, 2.24) is 15.1 Å². The molecule has 1 aliphatic heterocycles. The summed E-state index contributed by atoms with van der Waals surface area (Å²) < 4.78 is 13.7. The van der Waals surface area contributed by atoms with Gasteiger partial charge in [0.05, 0.1) is 0 Å². The van der Waals surface area contributed by atoms with Crippen LogP contribution in [0.3, 0.4) is 0 Å². The fraction of sp³-hybridized carbons (Fsp3) is 0.611. The maximum Gasteiger partial charge on any atom is 0.223 e. The Kier molecular flexibility index (Phi) is 5.28. The highest BCUT2D eigenvalue weighted by Crippen LogP contribution is 2.48. The van der Waals surface area contributed by atoms with E-state index in [9.17, 15) is 9.18 Å². The van der Waals surface area contributed by atoms with Gasteiger partial charge in [0.25, 0.3) is 0 Å². The summed E-state index contributed by atoms with van der Waals surface area (Å²) >= 11 is 0. The van der Waals surface area contributed by atoms with Crippen molar-refractivity contribution in [1.29, 1.82) is 0 Å². The van der Waals surface area contributed by atoms with Crippen LogP contribution in [0.15, 0.2) is 24.3 Å². The van der Waals surface area contributed by atoms with Gasteiger partial charge in [-0.3, -0.25) is 4.79 Å². The van der Waals surface area contributed by atoms with Crippen LogP contribution in [0, 0.1) is 11.7 Å². The summed E-state index contributed by atoms with van der Waals surface area (Å²) in [5, 5.41) is 3.01. The van der Waals surface area contributed by atoms with Crippen LogP contribution in [-0.2, 0) is 4.79 Å². The van der Waals surface area contributed by atoms with Crippen molar-refractivity contribution < 1.29 is 9.18 Å². The largest absolute Gasteiger partial charge is 0.356 e. The molecule has 1 aromatic rings. The zero-order valence-corrected chi connectivity index (χ0v) is 13.8. The zero-order valence-electron chi connectivity index (χ0n) is 13.8. The molecule has 2 atom stereocenters. The lowest BCUT2D eigenvalue weighted by atomic mass is 10.1. The van der Waals surface area contributed by atoms with E-state index in [2.05, 4.69) is 22.2 Å². The first-order chi connectivity index (χ1) is 11.1. The van der Waals surface area contributed by atoms with Crippen molar-refractivity contribution in [3.8, 4) is 0 Å². The zero-order chi connectivity index (χ0) is 16.2. The van der Waals surface area contributed by atoms with Gasteiger partial charge in [-0.1, -0.05) is 18.2 Å². The summed E-state index contributed by atoms with van der Waals surface area (Å²) in [4.78, 5) is 16.9. The highest BCUT2D eigenvalue weighted by molar-refractivity contribution is 5.82. The maximum absolute atomic E-state index is 13.7. The number of hydrogen-bond acceptors (Lipinski definition) is 3. The molecule has 1 heterocycles. The number of carbonyl (C=O) groups excluding carboxylic acids is 1. The highest BCUT2D eigenvalue weighted by Gasteiger charge is 2.44. The second-order valence-electron chi connectivity index (χ2n) is 6.76. The van der Waals surface area contributed by atoms with E-state index in [1.807, 2.05) is 6.07 Å². The molecular weight excluding hydrogens is 293 g/mol. The van der Waals surface area contributed by atoms with Crippen molar-refractivity contribution in [2.24, 2.45) is 5.92 Å². The third-order valence-electron chi connectivity index (χ3n) is 4.98. The Morgan fingerprint density at radius 1 is 1.26 bits per heavy atom. The van der Waals surface area contributed by atoms with Gasteiger partial charge in [0.15, 0.2) is 0 Å². The van der Waals surface area contributed by atoms with E-state index >= 15 is 0 Å². The SMILES string of the molecule is CN1CCN(CCCNC(=O)C2CC2c2ccccc2F)CC1. The fourth-order valence-electron chi connectivity index (χ4n) is 3.32. The van der Waals surface area contributed by atoms with Crippen LogP contribution in [-0.4, -0.2) is 62.0 Å². The molecule has 0 radical (unpaired) electrons. The van der Waals surface area contributed by atoms with Crippen LogP contribution in [0.1, 0.15) is 24.3 Å². The Bertz CT molecular complexity index is 543. The van der Waals surface area contributed by atoms with Crippen molar-refractivity contribution >= 4 is 5.91 Å². The minimum Gasteiger partial charge on any atom is -0.356 e. The summed E-state index contributed by atoms with van der Waals surface area (Å²) in [6.45, 7) is 6.23. The Morgan fingerprint density at radius 3 is 2.74 bits per heavy atom. The summed E-state index contributed by atoms with van der Waals surface area (Å²) in [5.41, 5.74) is 0.685. The monoisotopic (exact) mass is 319 g/mol. The number of nitrogens with zero attached hydrogens (tertiary/aromatic N) is 2. The van der Waals surface area contributed by atoms with Gasteiger partial charge in [-0.05, 0) is 44.0 Å². The first kappa shape index (κ1) is 16.4. The van der Waals surface area contributed by atoms with Gasteiger partial charge >= 0.3 is 0 Å². The van der Waals surface area contributed by atoms with Gasteiger partial charge < -0.3 is 15.1 Å². The molecule has 5 heteroatoms. The molecule has 3 rings (SSSR count). The van der Waals surface area contributed by atoms with Gasteiger partial charge in [-0.2, -0.15) is 0 Å². The summed E-state index contributed by atoms with van der Waals surface area (Å²) in [6, 6.07) is 6.79. The number of hydrogen-bond donors (Lipinski definition) is 1. The minimum absolute atomic E-state index is 0.0458. The van der Waals surface area contributed by atoms with Gasteiger partial charge in [0, 0.05) is 38.6 Å². The molecule has 1 N–H and O–H groups in total. The number of piperazine rings is 1. The molecule has 23 heavy (non-hydrogen) atoms. The molecule has 1 aliphatic carbocycles. The third-order valence-corrected chi connectivity index (χ3v) is 4.98. The van der Waals surface area contributed by atoms with E-state index in [-0.39, 0.29) is 23.6 Å². The second kappa shape index (κ2) is 7.41. The quantitative estimate of drug-likeness (QED) is 0.811. The molecule has 2 aliphatic rings. The molecule has 2 unspecified atom stereocenters. The topological polar surface area (TPSA) is 35.6 Å². The predicted octanol–water partition coefficient (Wildman–Crippen LogP) is 1.68. The molecule has 2 fully saturated rings. The number of carbonyl (C=O) groups is 1. The smallest absolute Gasteiger partial charge is 0.223 e. The minimum atomic E-state index is -0.192. The highest BCUT2D eigenvalue weighted by atomic mass is 19.1. The molecule has 0 aromatic heterocycles. The molecule has 4 nitrogen and oxygen atoms in total. The number of amides is 1. The average Bonchev–Trinajstić information content (AvgIpc) is 3.34. The molecule has 0 spiro atoms. The van der Waals surface area contributed by atoms with Crippen LogP contribution in [0.2, 0.25) is 0 Å². The van der Waals surface area contributed by atoms with Crippen molar-refractivity contribution in [3.05, 3.63) is 35.6 Å². The molecular formula is C18H26FN3O. The van der Waals surface area contributed by atoms with Crippen LogP contribution in [0.4, 0.5) is 4.39 Å². The van der Waals surface area contributed by atoms with Crippen molar-refractivity contribution in [2.75, 3.05) is 46.3 Å². The second-order valence-corrected chi connectivity index (χ2v) is 6.76. The Morgan fingerprint density at radius 2 is 2.00 bits per heavy atom. The third kappa shape index (κ3) is 4.30. The van der Waals surface area contributed by atoms with Gasteiger partial charge in [-0.15, -0.1) is 0 Å². The van der Waals surface area contributed by atoms with E-state index < -0.39 is 0 Å². The molecule has 1 saturated heterocycles. The maximum atomic E-state index is 13.7. The van der Waals surface area contributed by atoms with E-state index in [0.29, 0.717) is 12.1 Å². The van der Waals surface area contributed by atoms with Gasteiger partial charge in [0.1, 0.15) is 5.82 Å². The Balaban J connectivity index is 1.34. The number of likely N-dealkylation sites (N-methyl/N-ethyl adjacent to an activating group) is 1. The van der Waals surface area contributed by atoms with E-state index in [1.54, 1.807) is 12.1 Å². The van der Waals surface area contributed by atoms with Crippen molar-refractivity contribution in [3.63, 3.8) is 0 Å². The molecule has 1 aromatic carbocycles. The first-order valence-corrected chi connectivity index (χ1v) is 8.58. The van der Waals surface area contributed by atoms with E-state index in [4.69, 9.17) is 0 Å². The average molecular weight is 319 g/mol. The van der Waals surface area contributed by atoms with E-state index in [1.165, 1.54) is 6.07 Å². The lowest BCUT2D eigenvalue weighted by Crippen LogP contribution is -2.45. The molecule has 0 bridgehead atoms. The lowest BCUT2D eigenvalue weighted by Gasteiger charge is -2.32. The van der Waals surface area contributed by atoms with Crippen LogP contribution >= 0.6 is 0 Å². The Labute approximate surface area is 137 Å². The van der Waals surface area contributed by atoms with Crippen molar-refractivity contribution in [2.45, 2.75) is 18.8 Å².